The van der Waals surface area contributed by atoms with E-state index in [-0.39, 0.29) is 24.9 Å². The molecule has 116 valence electrons. The van der Waals surface area contributed by atoms with Gasteiger partial charge in [-0.25, -0.2) is 0 Å². The van der Waals surface area contributed by atoms with E-state index in [0.29, 0.717) is 24.7 Å². The van der Waals surface area contributed by atoms with Crippen molar-refractivity contribution in [1.82, 2.24) is 4.90 Å². The molecule has 1 aromatic heterocycles. The Hall–Kier alpha value is -1.82. The van der Waals surface area contributed by atoms with Crippen molar-refractivity contribution in [2.75, 3.05) is 19.8 Å². The van der Waals surface area contributed by atoms with E-state index in [1.807, 2.05) is 13.0 Å². The summed E-state index contributed by atoms with van der Waals surface area (Å²) in [4.78, 5) is 25.1. The standard InChI is InChI=1S/C15H21NO5/c1-10-9-11(2)21-14(10)15(19)16(6-3-13(17)18)12-4-7-20-8-5-12/h9,12H,3-8H2,1-2H3,(H,17,18). The first kappa shape index (κ1) is 15.6. The van der Waals surface area contributed by atoms with Gasteiger partial charge in [-0.2, -0.15) is 0 Å². The second-order valence-electron chi connectivity index (χ2n) is 5.36. The number of amides is 1. The van der Waals surface area contributed by atoms with Crippen LogP contribution in [0.5, 0.6) is 0 Å². The highest BCUT2D eigenvalue weighted by molar-refractivity contribution is 5.93. The summed E-state index contributed by atoms with van der Waals surface area (Å²) in [5.41, 5.74) is 0.782. The molecule has 1 saturated heterocycles. The average molecular weight is 295 g/mol. The van der Waals surface area contributed by atoms with Crippen LogP contribution < -0.4 is 0 Å². The number of ether oxygens (including phenoxy) is 1. The molecule has 1 aromatic rings. The van der Waals surface area contributed by atoms with Crippen LogP contribution in [-0.4, -0.2) is 47.7 Å². The smallest absolute Gasteiger partial charge is 0.305 e. The molecule has 0 unspecified atom stereocenters. The Morgan fingerprint density at radius 1 is 1.33 bits per heavy atom. The Kier molecular flexibility index (Phi) is 5.01. The number of rotatable bonds is 5. The van der Waals surface area contributed by atoms with Gasteiger partial charge in [0.25, 0.3) is 5.91 Å². The molecule has 0 bridgehead atoms. The number of aliphatic carboxylic acids is 1. The summed E-state index contributed by atoms with van der Waals surface area (Å²) in [6.45, 7) is 5.00. The monoisotopic (exact) mass is 295 g/mol. The molecule has 0 spiro atoms. The largest absolute Gasteiger partial charge is 0.481 e. The van der Waals surface area contributed by atoms with Gasteiger partial charge < -0.3 is 19.2 Å². The van der Waals surface area contributed by atoms with Crippen molar-refractivity contribution < 1.29 is 23.8 Å². The molecule has 0 aliphatic carbocycles. The third kappa shape index (κ3) is 3.85. The highest BCUT2D eigenvalue weighted by atomic mass is 16.5. The fourth-order valence-corrected chi connectivity index (χ4v) is 2.65. The molecule has 1 aliphatic rings. The quantitative estimate of drug-likeness (QED) is 0.898. The first-order valence-electron chi connectivity index (χ1n) is 7.16. The molecule has 1 fully saturated rings. The van der Waals surface area contributed by atoms with E-state index in [9.17, 15) is 9.59 Å². The molecule has 21 heavy (non-hydrogen) atoms. The maximum Gasteiger partial charge on any atom is 0.305 e. The SMILES string of the molecule is Cc1cc(C)c(C(=O)N(CCC(=O)O)C2CCOCC2)o1. The van der Waals surface area contributed by atoms with Gasteiger partial charge in [-0.05, 0) is 32.8 Å². The fraction of sp³-hybridized carbons (Fsp3) is 0.600. The fourth-order valence-electron chi connectivity index (χ4n) is 2.65. The molecule has 0 saturated carbocycles. The molecule has 1 amide bonds. The molecule has 2 rings (SSSR count). The summed E-state index contributed by atoms with van der Waals surface area (Å²) in [6, 6.07) is 1.82. The van der Waals surface area contributed by atoms with Crippen molar-refractivity contribution in [3.8, 4) is 0 Å². The van der Waals surface area contributed by atoms with Crippen LogP contribution in [0.2, 0.25) is 0 Å². The second kappa shape index (κ2) is 6.76. The van der Waals surface area contributed by atoms with Crippen molar-refractivity contribution in [2.45, 2.75) is 39.2 Å². The van der Waals surface area contributed by atoms with Gasteiger partial charge in [-0.3, -0.25) is 9.59 Å². The van der Waals surface area contributed by atoms with Crippen LogP contribution in [0.3, 0.4) is 0 Å². The number of carbonyl (C=O) groups excluding carboxylic acids is 1. The molecular formula is C15H21NO5. The summed E-state index contributed by atoms with van der Waals surface area (Å²) in [6.07, 6.45) is 1.38. The molecule has 1 N–H and O–H groups in total. The first-order valence-corrected chi connectivity index (χ1v) is 7.16. The van der Waals surface area contributed by atoms with Crippen LogP contribution in [0.25, 0.3) is 0 Å². The minimum atomic E-state index is -0.910. The Balaban J connectivity index is 2.18. The van der Waals surface area contributed by atoms with E-state index < -0.39 is 5.97 Å². The lowest BCUT2D eigenvalue weighted by atomic mass is 10.1. The minimum Gasteiger partial charge on any atom is -0.481 e. The predicted molar refractivity (Wildman–Crippen MR) is 75.3 cm³/mol. The van der Waals surface area contributed by atoms with Crippen molar-refractivity contribution >= 4 is 11.9 Å². The Labute approximate surface area is 123 Å². The van der Waals surface area contributed by atoms with Crippen molar-refractivity contribution in [3.05, 3.63) is 23.2 Å². The highest BCUT2D eigenvalue weighted by Crippen LogP contribution is 2.21. The number of hydrogen-bond acceptors (Lipinski definition) is 4. The number of carboxylic acid groups (broad SMARTS) is 1. The zero-order valence-electron chi connectivity index (χ0n) is 12.4. The van der Waals surface area contributed by atoms with E-state index in [1.165, 1.54) is 0 Å². The van der Waals surface area contributed by atoms with Crippen LogP contribution in [0.15, 0.2) is 10.5 Å². The lowest BCUT2D eigenvalue weighted by Gasteiger charge is -2.33. The minimum absolute atomic E-state index is 0.00964. The summed E-state index contributed by atoms with van der Waals surface area (Å²) >= 11 is 0. The first-order chi connectivity index (χ1) is 9.99. The van der Waals surface area contributed by atoms with Gasteiger partial charge in [0, 0.05) is 31.4 Å². The molecule has 0 radical (unpaired) electrons. The topological polar surface area (TPSA) is 80.0 Å². The van der Waals surface area contributed by atoms with Gasteiger partial charge in [-0.1, -0.05) is 0 Å². The average Bonchev–Trinajstić information content (AvgIpc) is 2.78. The molecule has 0 aromatic carbocycles. The van der Waals surface area contributed by atoms with Gasteiger partial charge in [0.05, 0.1) is 6.42 Å². The van der Waals surface area contributed by atoms with E-state index >= 15 is 0 Å². The number of carboxylic acids is 1. The lowest BCUT2D eigenvalue weighted by molar-refractivity contribution is -0.137. The number of hydrogen-bond donors (Lipinski definition) is 1. The van der Waals surface area contributed by atoms with E-state index in [0.717, 1.165) is 18.4 Å². The highest BCUT2D eigenvalue weighted by Gasteiger charge is 2.29. The third-order valence-corrected chi connectivity index (χ3v) is 3.69. The van der Waals surface area contributed by atoms with Crippen molar-refractivity contribution in [1.29, 1.82) is 0 Å². The summed E-state index contributed by atoms with van der Waals surface area (Å²) in [5.74, 6) is -0.147. The number of nitrogens with zero attached hydrogens (tertiary/aromatic N) is 1. The van der Waals surface area contributed by atoms with Crippen LogP contribution in [0.4, 0.5) is 0 Å². The van der Waals surface area contributed by atoms with Crippen molar-refractivity contribution in [3.63, 3.8) is 0 Å². The van der Waals surface area contributed by atoms with E-state index in [2.05, 4.69) is 0 Å². The van der Waals surface area contributed by atoms with E-state index in [1.54, 1.807) is 11.8 Å². The van der Waals surface area contributed by atoms with E-state index in [4.69, 9.17) is 14.3 Å². The summed E-state index contributed by atoms with van der Waals surface area (Å²) in [7, 11) is 0. The van der Waals surface area contributed by atoms with Crippen molar-refractivity contribution in [2.24, 2.45) is 0 Å². The number of furan rings is 1. The molecule has 6 nitrogen and oxygen atoms in total. The Morgan fingerprint density at radius 3 is 2.52 bits per heavy atom. The second-order valence-corrected chi connectivity index (χ2v) is 5.36. The maximum absolute atomic E-state index is 12.7. The molecule has 1 aliphatic heterocycles. The Bertz CT molecular complexity index is 516. The van der Waals surface area contributed by atoms with Crippen LogP contribution in [0.1, 0.15) is 41.1 Å². The zero-order valence-corrected chi connectivity index (χ0v) is 12.4. The summed E-state index contributed by atoms with van der Waals surface area (Å²) in [5, 5.41) is 8.89. The normalized spacial score (nSPS) is 15.9. The zero-order chi connectivity index (χ0) is 15.4. The third-order valence-electron chi connectivity index (χ3n) is 3.69. The predicted octanol–water partition coefficient (Wildman–Crippen LogP) is 1.99. The molecule has 0 atom stereocenters. The van der Waals surface area contributed by atoms with Gasteiger partial charge in [0.2, 0.25) is 0 Å². The molecule has 2 heterocycles. The van der Waals surface area contributed by atoms with Gasteiger partial charge in [-0.15, -0.1) is 0 Å². The Morgan fingerprint density at radius 2 is 2.00 bits per heavy atom. The molecule has 6 heteroatoms. The van der Waals surface area contributed by atoms with Gasteiger partial charge in [0.15, 0.2) is 5.76 Å². The lowest BCUT2D eigenvalue weighted by Crippen LogP contribution is -2.44. The van der Waals surface area contributed by atoms with Gasteiger partial charge in [0.1, 0.15) is 5.76 Å². The molecular weight excluding hydrogens is 274 g/mol. The van der Waals surface area contributed by atoms with Gasteiger partial charge >= 0.3 is 5.97 Å². The number of carbonyl (C=O) groups is 2. The maximum atomic E-state index is 12.7. The summed E-state index contributed by atoms with van der Waals surface area (Å²) < 4.78 is 10.8. The number of aryl methyl sites for hydroxylation is 2. The van der Waals surface area contributed by atoms with Crippen LogP contribution in [0, 0.1) is 13.8 Å². The van der Waals surface area contributed by atoms with Crippen LogP contribution >= 0.6 is 0 Å². The van der Waals surface area contributed by atoms with Crippen LogP contribution in [-0.2, 0) is 9.53 Å².